The van der Waals surface area contributed by atoms with Crippen LogP contribution in [0.3, 0.4) is 0 Å². The second kappa shape index (κ2) is 8.11. The summed E-state index contributed by atoms with van der Waals surface area (Å²) in [5, 5.41) is 24.3. The summed E-state index contributed by atoms with van der Waals surface area (Å²) in [7, 11) is 0. The first-order valence-corrected chi connectivity index (χ1v) is 12.1. The number of carboxylic acid groups (broad SMARTS) is 1. The first kappa shape index (κ1) is 23.2. The van der Waals surface area contributed by atoms with Crippen LogP contribution in [-0.2, 0) is 10.3 Å². The van der Waals surface area contributed by atoms with Gasteiger partial charge in [0.2, 0.25) is 0 Å². The Hall–Kier alpha value is -1.97. The molecule has 4 heterocycles. The number of aromatic nitrogens is 3. The Bertz CT molecular complexity index is 995. The van der Waals surface area contributed by atoms with Crippen LogP contribution < -0.4 is 5.32 Å². The monoisotopic (exact) mass is 479 g/mol. The summed E-state index contributed by atoms with van der Waals surface area (Å²) in [6, 6.07) is 2.03. The maximum atomic E-state index is 12.1. The molecule has 2 aromatic rings. The van der Waals surface area contributed by atoms with E-state index in [1.54, 1.807) is 17.2 Å². The third-order valence-corrected chi connectivity index (χ3v) is 7.65. The van der Waals surface area contributed by atoms with E-state index in [4.69, 9.17) is 16.3 Å². The average molecular weight is 480 g/mol. The highest BCUT2D eigenvalue weighted by Crippen LogP contribution is 2.54. The molecule has 174 valence electrons. The molecule has 8 nitrogen and oxygen atoms in total. The first-order valence-electron chi connectivity index (χ1n) is 10.9. The highest BCUT2D eigenvalue weighted by Gasteiger charge is 2.57. The standard InChI is InChI=1S/C22H30ClN5O3S/c1-13(2)25-15-10-16(23)24-11-14(15)17-26-27-18(32-17)22-8-6-21(7-9-22,12-31-22)28(19(29)30)20(3,4)5/h10-11,13H,6-9,12H2,1-5H3,(H,24,25)(H,29,30). The maximum Gasteiger partial charge on any atom is 0.408 e. The molecular weight excluding hydrogens is 450 g/mol. The van der Waals surface area contributed by atoms with Gasteiger partial charge >= 0.3 is 6.09 Å². The van der Waals surface area contributed by atoms with Crippen LogP contribution in [0, 0.1) is 0 Å². The number of pyridine rings is 1. The number of amides is 1. The number of rotatable bonds is 5. The van der Waals surface area contributed by atoms with Crippen molar-refractivity contribution < 1.29 is 14.6 Å². The van der Waals surface area contributed by atoms with Gasteiger partial charge in [-0.3, -0.25) is 4.90 Å². The van der Waals surface area contributed by atoms with E-state index < -0.39 is 22.8 Å². The van der Waals surface area contributed by atoms with Gasteiger partial charge in [-0.1, -0.05) is 22.9 Å². The van der Waals surface area contributed by atoms with Gasteiger partial charge in [0, 0.05) is 23.5 Å². The van der Waals surface area contributed by atoms with Crippen molar-refractivity contribution in [2.45, 2.75) is 83.0 Å². The van der Waals surface area contributed by atoms with Crippen molar-refractivity contribution >= 4 is 34.7 Å². The molecule has 0 aromatic carbocycles. The molecule has 10 heteroatoms. The zero-order valence-electron chi connectivity index (χ0n) is 19.1. The van der Waals surface area contributed by atoms with Crippen molar-refractivity contribution in [3.8, 4) is 10.6 Å². The lowest BCUT2D eigenvalue weighted by Crippen LogP contribution is -2.67. The van der Waals surface area contributed by atoms with Crippen LogP contribution in [-0.4, -0.2) is 55.0 Å². The molecule has 2 aromatic heterocycles. The second-order valence-corrected chi connectivity index (χ2v) is 11.4. The van der Waals surface area contributed by atoms with Crippen LogP contribution >= 0.6 is 22.9 Å². The molecular formula is C22H30ClN5O3S. The minimum atomic E-state index is -0.894. The molecule has 2 saturated heterocycles. The van der Waals surface area contributed by atoms with E-state index in [0.29, 0.717) is 11.8 Å². The molecule has 0 unspecified atom stereocenters. The Labute approximate surface area is 197 Å². The van der Waals surface area contributed by atoms with Crippen molar-refractivity contribution in [1.82, 2.24) is 20.1 Å². The van der Waals surface area contributed by atoms with Crippen LogP contribution in [0.25, 0.3) is 10.6 Å². The minimum absolute atomic E-state index is 0.228. The van der Waals surface area contributed by atoms with Crippen LogP contribution in [0.5, 0.6) is 0 Å². The normalized spacial score (nSPS) is 25.2. The number of hydrogen-bond donors (Lipinski definition) is 2. The Balaban J connectivity index is 1.60. The van der Waals surface area contributed by atoms with Crippen LogP contribution in [0.1, 0.15) is 65.3 Å². The lowest BCUT2D eigenvalue weighted by atomic mass is 9.69. The minimum Gasteiger partial charge on any atom is -0.465 e. The largest absolute Gasteiger partial charge is 0.465 e. The molecule has 3 aliphatic rings. The van der Waals surface area contributed by atoms with Crippen LogP contribution in [0.2, 0.25) is 5.15 Å². The fraction of sp³-hybridized carbons (Fsp3) is 0.636. The summed E-state index contributed by atoms with van der Waals surface area (Å²) in [6.45, 7) is 10.3. The number of nitrogens with one attached hydrogen (secondary N) is 1. The lowest BCUT2D eigenvalue weighted by Gasteiger charge is -2.58. The summed E-state index contributed by atoms with van der Waals surface area (Å²) in [5.74, 6) is 0. The number of nitrogens with zero attached hydrogens (tertiary/aromatic N) is 4. The highest BCUT2D eigenvalue weighted by molar-refractivity contribution is 7.14. The van der Waals surface area contributed by atoms with Crippen molar-refractivity contribution in [2.75, 3.05) is 11.9 Å². The van der Waals surface area contributed by atoms with Crippen molar-refractivity contribution in [1.29, 1.82) is 0 Å². The lowest BCUT2D eigenvalue weighted by molar-refractivity contribution is -0.203. The van der Waals surface area contributed by atoms with E-state index in [1.807, 2.05) is 20.8 Å². The average Bonchev–Trinajstić information content (AvgIpc) is 3.18. The van der Waals surface area contributed by atoms with Gasteiger partial charge in [0.25, 0.3) is 0 Å². The highest BCUT2D eigenvalue weighted by atomic mass is 35.5. The predicted molar refractivity (Wildman–Crippen MR) is 125 cm³/mol. The van der Waals surface area contributed by atoms with E-state index >= 15 is 0 Å². The van der Waals surface area contributed by atoms with E-state index in [9.17, 15) is 9.90 Å². The number of fused-ring (bicyclic) bond motifs is 3. The summed E-state index contributed by atoms with van der Waals surface area (Å²) in [5.41, 5.74) is 0.228. The topological polar surface area (TPSA) is 100 Å². The molecule has 0 atom stereocenters. The number of hydrogen-bond acceptors (Lipinski definition) is 7. The number of anilines is 1. The zero-order valence-corrected chi connectivity index (χ0v) is 20.7. The van der Waals surface area contributed by atoms with Crippen molar-refractivity contribution in [2.24, 2.45) is 0 Å². The maximum absolute atomic E-state index is 12.1. The van der Waals surface area contributed by atoms with E-state index in [1.165, 1.54) is 11.3 Å². The number of halogens is 1. The Morgan fingerprint density at radius 1 is 1.28 bits per heavy atom. The molecule has 2 N–H and O–H groups in total. The summed E-state index contributed by atoms with van der Waals surface area (Å²) >= 11 is 7.61. The van der Waals surface area contributed by atoms with Crippen molar-refractivity contribution in [3.05, 3.63) is 22.4 Å². The van der Waals surface area contributed by atoms with Crippen molar-refractivity contribution in [3.63, 3.8) is 0 Å². The molecule has 5 rings (SSSR count). The smallest absolute Gasteiger partial charge is 0.408 e. The van der Waals surface area contributed by atoms with Gasteiger partial charge in [0.1, 0.15) is 15.8 Å². The Morgan fingerprint density at radius 2 is 1.97 bits per heavy atom. The number of ether oxygens (including phenoxy) is 1. The Morgan fingerprint density at radius 3 is 2.50 bits per heavy atom. The molecule has 1 amide bonds. The molecule has 3 fully saturated rings. The van der Waals surface area contributed by atoms with Gasteiger partial charge in [-0.25, -0.2) is 9.78 Å². The van der Waals surface area contributed by atoms with E-state index in [0.717, 1.165) is 46.9 Å². The zero-order chi connectivity index (χ0) is 23.3. The molecule has 0 spiro atoms. The van der Waals surface area contributed by atoms with Crippen LogP contribution in [0.4, 0.5) is 10.5 Å². The molecule has 2 aliphatic heterocycles. The first-order chi connectivity index (χ1) is 15.0. The quantitative estimate of drug-likeness (QED) is 0.554. The van der Waals surface area contributed by atoms with E-state index in [2.05, 4.69) is 34.3 Å². The van der Waals surface area contributed by atoms with Crippen LogP contribution in [0.15, 0.2) is 12.3 Å². The van der Waals surface area contributed by atoms with Gasteiger partial charge in [-0.2, -0.15) is 0 Å². The van der Waals surface area contributed by atoms with E-state index in [-0.39, 0.29) is 6.04 Å². The van der Waals surface area contributed by atoms with Gasteiger partial charge < -0.3 is 15.2 Å². The number of carbonyl (C=O) groups is 1. The molecule has 1 aliphatic carbocycles. The summed E-state index contributed by atoms with van der Waals surface area (Å²) in [6.07, 6.45) is 3.75. The van der Waals surface area contributed by atoms with Gasteiger partial charge in [0.15, 0.2) is 5.01 Å². The van der Waals surface area contributed by atoms with Gasteiger partial charge in [-0.15, -0.1) is 10.2 Å². The molecule has 1 saturated carbocycles. The Kier molecular flexibility index (Phi) is 5.88. The summed E-state index contributed by atoms with van der Waals surface area (Å²) in [4.78, 5) is 17.9. The third-order valence-electron chi connectivity index (χ3n) is 6.30. The molecule has 32 heavy (non-hydrogen) atoms. The van der Waals surface area contributed by atoms with Gasteiger partial charge in [0.05, 0.1) is 17.7 Å². The predicted octanol–water partition coefficient (Wildman–Crippen LogP) is 5.39. The molecule has 2 bridgehead atoms. The summed E-state index contributed by atoms with van der Waals surface area (Å²) < 4.78 is 6.39. The second-order valence-electron chi connectivity index (χ2n) is 10.1. The molecule has 0 radical (unpaired) electrons. The third kappa shape index (κ3) is 4.06. The fourth-order valence-electron chi connectivity index (χ4n) is 4.99. The SMILES string of the molecule is CC(C)Nc1cc(Cl)ncc1-c1nnc(C23CCC(N(C(=O)O)C(C)(C)C)(CC2)CO3)s1. The van der Waals surface area contributed by atoms with Gasteiger partial charge in [-0.05, 0) is 66.4 Å². The fourth-order valence-corrected chi connectivity index (χ4v) is 6.22.